The molecule has 1 heterocycles. The van der Waals surface area contributed by atoms with E-state index in [0.29, 0.717) is 17.5 Å². The van der Waals surface area contributed by atoms with Crippen LogP contribution in [-0.2, 0) is 0 Å². The topological polar surface area (TPSA) is 39.2 Å². The molecule has 1 atom stereocenters. The molecular formula is C13H16ClNO. The fourth-order valence-corrected chi connectivity index (χ4v) is 2.29. The third-order valence-electron chi connectivity index (χ3n) is 2.96. The number of nitrogens with two attached hydrogens (primary N) is 1. The Balaban J connectivity index is 2.56. The first-order chi connectivity index (χ1) is 7.65. The van der Waals surface area contributed by atoms with E-state index < -0.39 is 0 Å². The average molecular weight is 238 g/mol. The highest BCUT2D eigenvalue weighted by Gasteiger charge is 2.22. The van der Waals surface area contributed by atoms with Gasteiger partial charge in [-0.05, 0) is 18.1 Å². The van der Waals surface area contributed by atoms with Gasteiger partial charge in [-0.3, -0.25) is 0 Å². The van der Waals surface area contributed by atoms with Gasteiger partial charge in [-0.2, -0.15) is 0 Å². The van der Waals surface area contributed by atoms with E-state index in [4.69, 9.17) is 21.8 Å². The van der Waals surface area contributed by atoms with Gasteiger partial charge >= 0.3 is 0 Å². The van der Waals surface area contributed by atoms with E-state index in [1.807, 2.05) is 24.3 Å². The molecule has 0 amide bonds. The van der Waals surface area contributed by atoms with Gasteiger partial charge in [0.2, 0.25) is 0 Å². The lowest BCUT2D eigenvalue weighted by molar-refractivity contribution is 0.415. The summed E-state index contributed by atoms with van der Waals surface area (Å²) in [5.74, 6) is 1.42. The minimum atomic E-state index is 0.180. The number of halogens is 1. The van der Waals surface area contributed by atoms with Crippen molar-refractivity contribution >= 4 is 22.6 Å². The molecule has 1 aromatic heterocycles. The highest BCUT2D eigenvalue weighted by Crippen LogP contribution is 2.37. The molecule has 3 heteroatoms. The predicted molar refractivity (Wildman–Crippen MR) is 67.9 cm³/mol. The number of hydrogen-bond donors (Lipinski definition) is 1. The molecule has 16 heavy (non-hydrogen) atoms. The Morgan fingerprint density at radius 1 is 1.31 bits per heavy atom. The molecule has 86 valence electrons. The molecule has 0 spiro atoms. The SMILES string of the molecule is CC(C)C(CN)c1oc2ccccc2c1Cl. The van der Waals surface area contributed by atoms with Gasteiger partial charge < -0.3 is 10.2 Å². The van der Waals surface area contributed by atoms with Crippen LogP contribution in [0.25, 0.3) is 11.0 Å². The van der Waals surface area contributed by atoms with E-state index in [-0.39, 0.29) is 5.92 Å². The predicted octanol–water partition coefficient (Wildman–Crippen LogP) is 3.78. The normalized spacial score (nSPS) is 13.6. The van der Waals surface area contributed by atoms with Crippen LogP contribution in [0.1, 0.15) is 25.5 Å². The summed E-state index contributed by atoms with van der Waals surface area (Å²) < 4.78 is 5.80. The van der Waals surface area contributed by atoms with Crippen molar-refractivity contribution < 1.29 is 4.42 Å². The summed E-state index contributed by atoms with van der Waals surface area (Å²) in [6.07, 6.45) is 0. The second-order valence-electron chi connectivity index (χ2n) is 4.36. The maximum absolute atomic E-state index is 6.33. The lowest BCUT2D eigenvalue weighted by Crippen LogP contribution is -2.17. The standard InChI is InChI=1S/C13H16ClNO/c1-8(2)10(7-15)13-12(14)9-5-3-4-6-11(9)16-13/h3-6,8,10H,7,15H2,1-2H3. The Morgan fingerprint density at radius 3 is 2.56 bits per heavy atom. The van der Waals surface area contributed by atoms with Crippen LogP contribution in [0, 0.1) is 5.92 Å². The Bertz CT molecular complexity index is 490. The first-order valence-electron chi connectivity index (χ1n) is 5.52. The van der Waals surface area contributed by atoms with Crippen LogP contribution in [-0.4, -0.2) is 6.54 Å². The Labute approximate surface area is 100 Å². The average Bonchev–Trinajstić information content (AvgIpc) is 2.58. The van der Waals surface area contributed by atoms with E-state index in [2.05, 4.69) is 13.8 Å². The number of para-hydroxylation sites is 1. The maximum atomic E-state index is 6.33. The molecule has 2 N–H and O–H groups in total. The summed E-state index contributed by atoms with van der Waals surface area (Å²) in [4.78, 5) is 0. The molecule has 0 aliphatic carbocycles. The van der Waals surface area contributed by atoms with Crippen molar-refractivity contribution in [2.24, 2.45) is 11.7 Å². The van der Waals surface area contributed by atoms with Gasteiger partial charge in [0.1, 0.15) is 11.3 Å². The minimum Gasteiger partial charge on any atom is -0.459 e. The Morgan fingerprint density at radius 2 is 2.00 bits per heavy atom. The highest BCUT2D eigenvalue weighted by atomic mass is 35.5. The fraction of sp³-hybridized carbons (Fsp3) is 0.385. The molecule has 0 bridgehead atoms. The Kier molecular flexibility index (Phi) is 3.22. The second kappa shape index (κ2) is 4.48. The van der Waals surface area contributed by atoms with Crippen molar-refractivity contribution in [1.29, 1.82) is 0 Å². The molecule has 2 nitrogen and oxygen atoms in total. The fourth-order valence-electron chi connectivity index (χ4n) is 1.95. The van der Waals surface area contributed by atoms with Gasteiger partial charge in [-0.25, -0.2) is 0 Å². The molecule has 1 unspecified atom stereocenters. The smallest absolute Gasteiger partial charge is 0.135 e. The van der Waals surface area contributed by atoms with Crippen LogP contribution in [0.5, 0.6) is 0 Å². The summed E-state index contributed by atoms with van der Waals surface area (Å²) in [5.41, 5.74) is 6.61. The zero-order valence-electron chi connectivity index (χ0n) is 9.53. The highest BCUT2D eigenvalue weighted by molar-refractivity contribution is 6.36. The molecule has 0 aliphatic heterocycles. The zero-order chi connectivity index (χ0) is 11.7. The lowest BCUT2D eigenvalue weighted by Gasteiger charge is -2.16. The van der Waals surface area contributed by atoms with Crippen molar-refractivity contribution in [3.63, 3.8) is 0 Å². The third kappa shape index (κ3) is 1.83. The monoisotopic (exact) mass is 237 g/mol. The van der Waals surface area contributed by atoms with E-state index in [0.717, 1.165) is 16.7 Å². The summed E-state index contributed by atoms with van der Waals surface area (Å²) in [7, 11) is 0. The van der Waals surface area contributed by atoms with Gasteiger partial charge in [0.25, 0.3) is 0 Å². The number of furan rings is 1. The second-order valence-corrected chi connectivity index (χ2v) is 4.74. The van der Waals surface area contributed by atoms with Crippen LogP contribution in [0.15, 0.2) is 28.7 Å². The van der Waals surface area contributed by atoms with Gasteiger partial charge in [0.15, 0.2) is 0 Å². The minimum absolute atomic E-state index is 0.180. The lowest BCUT2D eigenvalue weighted by atomic mass is 9.93. The molecule has 2 rings (SSSR count). The molecule has 0 fully saturated rings. The van der Waals surface area contributed by atoms with Gasteiger partial charge in [-0.1, -0.05) is 37.6 Å². The number of hydrogen-bond acceptors (Lipinski definition) is 2. The van der Waals surface area contributed by atoms with E-state index in [9.17, 15) is 0 Å². The van der Waals surface area contributed by atoms with Crippen molar-refractivity contribution in [1.82, 2.24) is 0 Å². The molecular weight excluding hydrogens is 222 g/mol. The number of fused-ring (bicyclic) bond motifs is 1. The maximum Gasteiger partial charge on any atom is 0.135 e. The third-order valence-corrected chi connectivity index (χ3v) is 3.35. The zero-order valence-corrected chi connectivity index (χ0v) is 10.3. The summed E-state index contributed by atoms with van der Waals surface area (Å²) in [6.45, 7) is 4.80. The van der Waals surface area contributed by atoms with Crippen LogP contribution < -0.4 is 5.73 Å². The van der Waals surface area contributed by atoms with Gasteiger partial charge in [0.05, 0.1) is 5.02 Å². The van der Waals surface area contributed by atoms with Crippen LogP contribution in [0.4, 0.5) is 0 Å². The largest absolute Gasteiger partial charge is 0.459 e. The van der Waals surface area contributed by atoms with Crippen LogP contribution in [0.2, 0.25) is 5.02 Å². The first-order valence-corrected chi connectivity index (χ1v) is 5.90. The molecule has 0 saturated carbocycles. The van der Waals surface area contributed by atoms with Crippen LogP contribution in [0.3, 0.4) is 0 Å². The van der Waals surface area contributed by atoms with Crippen molar-refractivity contribution in [2.45, 2.75) is 19.8 Å². The van der Waals surface area contributed by atoms with Crippen molar-refractivity contribution in [2.75, 3.05) is 6.54 Å². The van der Waals surface area contributed by atoms with Crippen molar-refractivity contribution in [3.8, 4) is 0 Å². The Hall–Kier alpha value is -0.990. The summed E-state index contributed by atoms with van der Waals surface area (Å²) in [5, 5.41) is 1.68. The molecule has 1 aromatic carbocycles. The molecule has 0 saturated heterocycles. The van der Waals surface area contributed by atoms with Crippen LogP contribution >= 0.6 is 11.6 Å². The molecule has 0 aliphatic rings. The molecule has 0 radical (unpaired) electrons. The number of rotatable bonds is 3. The van der Waals surface area contributed by atoms with E-state index in [1.54, 1.807) is 0 Å². The van der Waals surface area contributed by atoms with E-state index in [1.165, 1.54) is 0 Å². The number of benzene rings is 1. The van der Waals surface area contributed by atoms with Gasteiger partial charge in [0, 0.05) is 17.8 Å². The molecule has 2 aromatic rings. The summed E-state index contributed by atoms with van der Waals surface area (Å²) in [6, 6.07) is 7.80. The summed E-state index contributed by atoms with van der Waals surface area (Å²) >= 11 is 6.33. The first kappa shape index (κ1) is 11.5. The van der Waals surface area contributed by atoms with Crippen molar-refractivity contribution in [3.05, 3.63) is 35.0 Å². The quantitative estimate of drug-likeness (QED) is 0.882. The van der Waals surface area contributed by atoms with E-state index >= 15 is 0 Å². The van der Waals surface area contributed by atoms with Gasteiger partial charge in [-0.15, -0.1) is 0 Å².